The smallest absolute Gasteiger partial charge is 0.335 e. The van der Waals surface area contributed by atoms with Crippen molar-refractivity contribution in [1.82, 2.24) is 30.6 Å². The van der Waals surface area contributed by atoms with Crippen molar-refractivity contribution in [2.45, 2.75) is 25.7 Å². The molecule has 2 aliphatic heterocycles. The Kier molecular flexibility index (Phi) is 15.0. The predicted molar refractivity (Wildman–Crippen MR) is 229 cm³/mol. The number of carbonyl (C=O) groups excluding carboxylic acids is 3. The lowest BCUT2D eigenvalue weighted by molar-refractivity contribution is -0.121. The van der Waals surface area contributed by atoms with Crippen molar-refractivity contribution in [1.29, 1.82) is 0 Å². The zero-order chi connectivity index (χ0) is 41.6. The largest absolute Gasteiger partial charge is 0.478 e. The Morgan fingerprint density at radius 3 is 1.69 bits per heavy atom. The number of carboxylic acid groups (broad SMARTS) is 1. The number of benzene rings is 4. The lowest BCUT2D eigenvalue weighted by Crippen LogP contribution is -2.43. The van der Waals surface area contributed by atoms with Gasteiger partial charge < -0.3 is 26.0 Å². The van der Waals surface area contributed by atoms with E-state index in [0.29, 0.717) is 34.4 Å². The molecule has 15 heteroatoms. The number of aromatic amines is 2. The van der Waals surface area contributed by atoms with E-state index >= 15 is 0 Å². The standard InChI is InChI=1S/C22H21ClN4O2.C12H15ClN2O.C10H8N2O2/c23-18-6-8-19(9-7-18)25-21(28)17-5-2-12-27(14-17)22(29)16-4-1-3-15(13-16)20-10-11-24-26-20;13-10-3-5-11(6-4-10)15-12(16)9-2-1-7-14-8-9;13-10(14)8-3-1-2-7(6-8)9-4-5-11-12-9/h1,3-4,6-11,13,17H,2,5,12,14H2,(H,24,26)(H,25,28);3-6,9,14H,1-2,7-8H2,(H,15,16);1-6H,(H,11,12)(H,13,14). The van der Waals surface area contributed by atoms with Gasteiger partial charge in [-0.15, -0.1) is 0 Å². The number of rotatable bonds is 8. The molecule has 8 rings (SSSR count). The summed E-state index contributed by atoms with van der Waals surface area (Å²) in [6, 6.07) is 32.0. The molecule has 4 heterocycles. The molecule has 0 saturated carbocycles. The molecule has 0 aliphatic carbocycles. The lowest BCUT2D eigenvalue weighted by Gasteiger charge is -2.32. The number of halogens is 2. The maximum Gasteiger partial charge on any atom is 0.335 e. The second-order valence-electron chi connectivity index (χ2n) is 14.0. The van der Waals surface area contributed by atoms with Crippen LogP contribution in [0.5, 0.6) is 0 Å². The van der Waals surface area contributed by atoms with Gasteiger partial charge in [-0.1, -0.05) is 47.5 Å². The summed E-state index contributed by atoms with van der Waals surface area (Å²) in [4.78, 5) is 50.0. The first-order valence-corrected chi connectivity index (χ1v) is 19.9. The van der Waals surface area contributed by atoms with E-state index in [1.54, 1.807) is 84.0 Å². The molecule has 0 bridgehead atoms. The molecule has 2 aliphatic rings. The van der Waals surface area contributed by atoms with Crippen LogP contribution >= 0.6 is 23.2 Å². The second-order valence-corrected chi connectivity index (χ2v) is 14.9. The van der Waals surface area contributed by atoms with Gasteiger partial charge in [-0.2, -0.15) is 10.2 Å². The molecule has 2 unspecified atom stereocenters. The van der Waals surface area contributed by atoms with E-state index in [1.807, 2.05) is 42.5 Å². The third kappa shape index (κ3) is 12.4. The normalized spacial score (nSPS) is 16.0. The SMILES string of the molecule is O=C(Nc1ccc(Cl)cc1)C1CCCN(C(=O)c2cccc(-c3ccn[nH]3)c2)C1.O=C(Nc1ccc(Cl)cc1)C1CCCNC1.O=C(O)c1cccc(-c2ccn[nH]2)c1. The predicted octanol–water partition coefficient (Wildman–Crippen LogP) is 8.27. The van der Waals surface area contributed by atoms with Crippen LogP contribution < -0.4 is 16.0 Å². The van der Waals surface area contributed by atoms with Gasteiger partial charge in [0.15, 0.2) is 0 Å². The van der Waals surface area contributed by atoms with Gasteiger partial charge in [0.2, 0.25) is 11.8 Å². The summed E-state index contributed by atoms with van der Waals surface area (Å²) in [5, 5.41) is 32.6. The van der Waals surface area contributed by atoms with Gasteiger partial charge in [0, 0.05) is 70.1 Å². The van der Waals surface area contributed by atoms with Crippen LogP contribution in [-0.4, -0.2) is 80.3 Å². The Hall–Kier alpha value is -6.28. The number of hydrogen-bond acceptors (Lipinski definition) is 7. The van der Waals surface area contributed by atoms with Gasteiger partial charge in [0.05, 0.1) is 28.8 Å². The molecule has 2 saturated heterocycles. The van der Waals surface area contributed by atoms with E-state index in [0.717, 1.165) is 67.0 Å². The summed E-state index contributed by atoms with van der Waals surface area (Å²) in [5.41, 5.74) is 5.79. The Balaban J connectivity index is 0.000000164. The topological polar surface area (TPSA) is 185 Å². The highest BCUT2D eigenvalue weighted by Crippen LogP contribution is 2.24. The number of hydrogen-bond donors (Lipinski definition) is 6. The Labute approximate surface area is 351 Å². The van der Waals surface area contributed by atoms with Crippen LogP contribution in [0.2, 0.25) is 10.0 Å². The quantitative estimate of drug-likeness (QED) is 0.0885. The Morgan fingerprint density at radius 2 is 1.19 bits per heavy atom. The highest BCUT2D eigenvalue weighted by molar-refractivity contribution is 6.31. The molecule has 0 spiro atoms. The number of H-pyrrole nitrogens is 2. The molecule has 2 atom stereocenters. The van der Waals surface area contributed by atoms with Crippen molar-refractivity contribution in [3.8, 4) is 22.5 Å². The zero-order valence-electron chi connectivity index (χ0n) is 32.0. The van der Waals surface area contributed by atoms with Crippen molar-refractivity contribution in [3.05, 3.63) is 143 Å². The first-order valence-electron chi connectivity index (χ1n) is 19.2. The molecule has 2 aromatic heterocycles. The van der Waals surface area contributed by atoms with E-state index in [-0.39, 0.29) is 35.1 Å². The fraction of sp³-hybridized carbons (Fsp3) is 0.227. The van der Waals surface area contributed by atoms with Crippen LogP contribution in [0, 0.1) is 11.8 Å². The van der Waals surface area contributed by atoms with Crippen LogP contribution in [0.15, 0.2) is 122 Å². The van der Waals surface area contributed by atoms with Crippen LogP contribution in [0.25, 0.3) is 22.5 Å². The van der Waals surface area contributed by atoms with E-state index in [1.165, 1.54) is 0 Å². The van der Waals surface area contributed by atoms with Gasteiger partial charge in [-0.25, -0.2) is 4.79 Å². The molecule has 0 radical (unpaired) electrons. The number of carboxylic acids is 1. The van der Waals surface area contributed by atoms with Crippen LogP contribution in [0.1, 0.15) is 46.4 Å². The molecule has 3 amide bonds. The Bertz CT molecular complexity index is 2300. The molecule has 13 nitrogen and oxygen atoms in total. The van der Waals surface area contributed by atoms with Crippen molar-refractivity contribution in [3.63, 3.8) is 0 Å². The summed E-state index contributed by atoms with van der Waals surface area (Å²) >= 11 is 11.7. The lowest BCUT2D eigenvalue weighted by atomic mass is 9.96. The number of nitrogens with one attached hydrogen (secondary N) is 5. The van der Waals surface area contributed by atoms with Crippen LogP contribution in [0.4, 0.5) is 11.4 Å². The monoisotopic (exact) mass is 834 g/mol. The number of aromatic carboxylic acids is 1. The average Bonchev–Trinajstić information content (AvgIpc) is 4.03. The van der Waals surface area contributed by atoms with Crippen LogP contribution in [-0.2, 0) is 9.59 Å². The first-order chi connectivity index (χ1) is 28.6. The minimum absolute atomic E-state index is 0.0599. The average molecular weight is 836 g/mol. The second kappa shape index (κ2) is 20.9. The highest BCUT2D eigenvalue weighted by Gasteiger charge is 2.29. The molecular formula is C44H44Cl2N8O5. The van der Waals surface area contributed by atoms with Gasteiger partial charge in [-0.05, 0) is 117 Å². The minimum Gasteiger partial charge on any atom is -0.478 e. The van der Waals surface area contributed by atoms with Gasteiger partial charge >= 0.3 is 5.97 Å². The maximum atomic E-state index is 13.0. The molecule has 2 fully saturated rings. The van der Waals surface area contributed by atoms with Crippen molar-refractivity contribution >= 4 is 58.3 Å². The number of anilines is 2. The van der Waals surface area contributed by atoms with Crippen molar-refractivity contribution < 1.29 is 24.3 Å². The molecular weight excluding hydrogens is 791 g/mol. The molecule has 6 aromatic rings. The van der Waals surface area contributed by atoms with Gasteiger partial charge in [-0.3, -0.25) is 24.6 Å². The number of piperidine rings is 2. The maximum absolute atomic E-state index is 13.0. The number of nitrogens with zero attached hydrogens (tertiary/aromatic N) is 3. The van der Waals surface area contributed by atoms with E-state index < -0.39 is 5.97 Å². The molecule has 6 N–H and O–H groups in total. The summed E-state index contributed by atoms with van der Waals surface area (Å²) < 4.78 is 0. The van der Waals surface area contributed by atoms with Crippen molar-refractivity contribution in [2.24, 2.45) is 11.8 Å². The van der Waals surface area contributed by atoms with Gasteiger partial charge in [0.25, 0.3) is 5.91 Å². The third-order valence-electron chi connectivity index (χ3n) is 9.81. The number of amides is 3. The number of likely N-dealkylation sites (tertiary alicyclic amines) is 1. The van der Waals surface area contributed by atoms with Crippen LogP contribution in [0.3, 0.4) is 0 Å². The summed E-state index contributed by atoms with van der Waals surface area (Å²) in [6.45, 7) is 2.86. The van der Waals surface area contributed by atoms with Gasteiger partial charge in [0.1, 0.15) is 0 Å². The van der Waals surface area contributed by atoms with E-state index in [2.05, 4.69) is 36.3 Å². The molecule has 59 heavy (non-hydrogen) atoms. The Morgan fingerprint density at radius 1 is 0.661 bits per heavy atom. The summed E-state index contributed by atoms with van der Waals surface area (Å²) in [7, 11) is 0. The van der Waals surface area contributed by atoms with E-state index in [4.69, 9.17) is 28.3 Å². The zero-order valence-corrected chi connectivity index (χ0v) is 33.5. The molecule has 4 aromatic carbocycles. The molecule has 304 valence electrons. The number of carbonyl (C=O) groups is 4. The first kappa shape index (κ1) is 42.3. The fourth-order valence-electron chi connectivity index (χ4n) is 6.66. The summed E-state index contributed by atoms with van der Waals surface area (Å²) in [6.07, 6.45) is 6.90. The number of aromatic nitrogens is 4. The fourth-order valence-corrected chi connectivity index (χ4v) is 6.91. The van der Waals surface area contributed by atoms with E-state index in [9.17, 15) is 19.2 Å². The highest BCUT2D eigenvalue weighted by atomic mass is 35.5. The third-order valence-corrected chi connectivity index (χ3v) is 10.3. The minimum atomic E-state index is -0.925. The van der Waals surface area contributed by atoms with Crippen molar-refractivity contribution in [2.75, 3.05) is 36.8 Å². The summed E-state index contributed by atoms with van der Waals surface area (Å²) in [5.74, 6) is -1.11.